The van der Waals surface area contributed by atoms with Gasteiger partial charge in [0, 0.05) is 5.56 Å². The molecule has 2 nitrogen and oxygen atoms in total. The van der Waals surface area contributed by atoms with Gasteiger partial charge in [-0.1, -0.05) is 12.1 Å². The quantitative estimate of drug-likeness (QED) is 0.753. The van der Waals surface area contributed by atoms with Crippen molar-refractivity contribution in [2.75, 3.05) is 6.54 Å². The Labute approximate surface area is 88.5 Å². The fourth-order valence-electron chi connectivity index (χ4n) is 2.04. The Balaban J connectivity index is 2.27. The van der Waals surface area contributed by atoms with Crippen LogP contribution in [-0.2, 0) is 0 Å². The van der Waals surface area contributed by atoms with Gasteiger partial charge in [-0.2, -0.15) is 0 Å². The standard InChI is InChI=1S/C12H14FNO/c1-12(6-3-7-14-12)11(15)9-4-2-5-10(13)8-9/h2,4-5,8,14H,3,6-7H2,1H3. The minimum atomic E-state index is -0.506. The van der Waals surface area contributed by atoms with Crippen molar-refractivity contribution in [2.24, 2.45) is 0 Å². The van der Waals surface area contributed by atoms with Crippen molar-refractivity contribution < 1.29 is 9.18 Å². The number of halogens is 1. The molecule has 0 radical (unpaired) electrons. The smallest absolute Gasteiger partial charge is 0.182 e. The van der Waals surface area contributed by atoms with Crippen molar-refractivity contribution in [3.63, 3.8) is 0 Å². The number of Topliss-reactive ketones (excluding diaryl/α,β-unsaturated/α-hetero) is 1. The highest BCUT2D eigenvalue weighted by atomic mass is 19.1. The molecule has 2 rings (SSSR count). The van der Waals surface area contributed by atoms with Crippen molar-refractivity contribution >= 4 is 5.78 Å². The molecular weight excluding hydrogens is 193 g/mol. The molecule has 0 bridgehead atoms. The summed E-state index contributed by atoms with van der Waals surface area (Å²) in [4.78, 5) is 12.1. The maximum atomic E-state index is 13.0. The summed E-state index contributed by atoms with van der Waals surface area (Å²) in [7, 11) is 0. The molecule has 1 atom stereocenters. The SMILES string of the molecule is CC1(C(=O)c2cccc(F)c2)CCCN1. The van der Waals surface area contributed by atoms with Gasteiger partial charge in [0.1, 0.15) is 5.82 Å². The van der Waals surface area contributed by atoms with Crippen LogP contribution >= 0.6 is 0 Å². The first-order chi connectivity index (χ1) is 7.12. The lowest BCUT2D eigenvalue weighted by atomic mass is 9.90. The lowest BCUT2D eigenvalue weighted by molar-refractivity contribution is 0.0884. The normalized spacial score (nSPS) is 25.5. The summed E-state index contributed by atoms with van der Waals surface area (Å²) in [5.41, 5.74) is -0.0553. The molecule has 0 aliphatic carbocycles. The van der Waals surface area contributed by atoms with Crippen LogP contribution in [0, 0.1) is 5.82 Å². The van der Waals surface area contributed by atoms with Gasteiger partial charge in [0.2, 0.25) is 0 Å². The lowest BCUT2D eigenvalue weighted by Gasteiger charge is -2.22. The predicted octanol–water partition coefficient (Wildman–Crippen LogP) is 2.15. The number of ketones is 1. The number of hydrogen-bond acceptors (Lipinski definition) is 2. The maximum absolute atomic E-state index is 13.0. The fourth-order valence-corrected chi connectivity index (χ4v) is 2.04. The molecular formula is C12H14FNO. The summed E-state index contributed by atoms with van der Waals surface area (Å²) in [6.45, 7) is 2.74. The fraction of sp³-hybridized carbons (Fsp3) is 0.417. The molecule has 1 saturated heterocycles. The van der Waals surface area contributed by atoms with E-state index in [1.165, 1.54) is 12.1 Å². The van der Waals surface area contributed by atoms with Crippen LogP contribution in [0.1, 0.15) is 30.1 Å². The summed E-state index contributed by atoms with van der Waals surface area (Å²) < 4.78 is 13.0. The zero-order valence-corrected chi connectivity index (χ0v) is 8.72. The van der Waals surface area contributed by atoms with Gasteiger partial charge in [-0.3, -0.25) is 4.79 Å². The number of benzene rings is 1. The Hall–Kier alpha value is -1.22. The third-order valence-electron chi connectivity index (χ3n) is 2.96. The Morgan fingerprint density at radius 3 is 2.93 bits per heavy atom. The topological polar surface area (TPSA) is 29.1 Å². The molecule has 1 aliphatic heterocycles. The van der Waals surface area contributed by atoms with Crippen molar-refractivity contribution in [1.82, 2.24) is 5.32 Å². The van der Waals surface area contributed by atoms with E-state index in [0.717, 1.165) is 19.4 Å². The zero-order valence-electron chi connectivity index (χ0n) is 8.72. The molecule has 3 heteroatoms. The van der Waals surface area contributed by atoms with Crippen molar-refractivity contribution in [2.45, 2.75) is 25.3 Å². The Morgan fingerprint density at radius 2 is 2.33 bits per heavy atom. The van der Waals surface area contributed by atoms with Crippen LogP contribution < -0.4 is 5.32 Å². The summed E-state index contributed by atoms with van der Waals surface area (Å²) in [5.74, 6) is -0.373. The molecule has 15 heavy (non-hydrogen) atoms. The molecule has 1 unspecified atom stereocenters. The molecule has 1 N–H and O–H groups in total. The number of hydrogen-bond donors (Lipinski definition) is 1. The first-order valence-electron chi connectivity index (χ1n) is 5.17. The van der Waals surface area contributed by atoms with Crippen LogP contribution in [0.4, 0.5) is 4.39 Å². The van der Waals surface area contributed by atoms with Gasteiger partial charge in [0.25, 0.3) is 0 Å². The zero-order chi connectivity index (χ0) is 10.9. The van der Waals surface area contributed by atoms with Gasteiger partial charge in [0.05, 0.1) is 5.54 Å². The van der Waals surface area contributed by atoms with Crippen LogP contribution in [0.3, 0.4) is 0 Å². The second-order valence-electron chi connectivity index (χ2n) is 4.20. The van der Waals surface area contributed by atoms with E-state index in [9.17, 15) is 9.18 Å². The van der Waals surface area contributed by atoms with Crippen LogP contribution in [0.15, 0.2) is 24.3 Å². The summed E-state index contributed by atoms with van der Waals surface area (Å²) in [6, 6.07) is 5.88. The van der Waals surface area contributed by atoms with Crippen molar-refractivity contribution in [1.29, 1.82) is 0 Å². The van der Waals surface area contributed by atoms with E-state index in [1.54, 1.807) is 12.1 Å². The van der Waals surface area contributed by atoms with E-state index in [2.05, 4.69) is 5.32 Å². The highest BCUT2D eigenvalue weighted by Crippen LogP contribution is 2.23. The number of carbonyl (C=O) groups excluding carboxylic acids is 1. The number of carbonyl (C=O) groups is 1. The average molecular weight is 207 g/mol. The molecule has 1 aromatic rings. The molecule has 1 aliphatic rings. The minimum Gasteiger partial charge on any atom is -0.305 e. The van der Waals surface area contributed by atoms with Crippen LogP contribution in [0.5, 0.6) is 0 Å². The van der Waals surface area contributed by atoms with E-state index in [1.807, 2.05) is 6.92 Å². The number of rotatable bonds is 2. The van der Waals surface area contributed by atoms with Crippen molar-refractivity contribution in [3.05, 3.63) is 35.6 Å². The summed E-state index contributed by atoms with van der Waals surface area (Å²) in [6.07, 6.45) is 1.82. The molecule has 0 aromatic heterocycles. The van der Waals surface area contributed by atoms with Gasteiger partial charge in [0.15, 0.2) is 5.78 Å². The largest absolute Gasteiger partial charge is 0.305 e. The second kappa shape index (κ2) is 3.74. The third kappa shape index (κ3) is 1.92. The minimum absolute atomic E-state index is 0.0144. The first-order valence-corrected chi connectivity index (χ1v) is 5.17. The predicted molar refractivity (Wildman–Crippen MR) is 56.4 cm³/mol. The Kier molecular flexibility index (Phi) is 2.57. The molecule has 0 saturated carbocycles. The maximum Gasteiger partial charge on any atom is 0.182 e. The summed E-state index contributed by atoms with van der Waals surface area (Å²) >= 11 is 0. The molecule has 1 heterocycles. The van der Waals surface area contributed by atoms with Crippen LogP contribution in [0.25, 0.3) is 0 Å². The van der Waals surface area contributed by atoms with E-state index < -0.39 is 5.54 Å². The summed E-state index contributed by atoms with van der Waals surface area (Å²) in [5, 5.41) is 3.18. The molecule has 80 valence electrons. The van der Waals surface area contributed by atoms with E-state index in [0.29, 0.717) is 5.56 Å². The molecule has 0 spiro atoms. The van der Waals surface area contributed by atoms with Gasteiger partial charge < -0.3 is 5.32 Å². The molecule has 1 fully saturated rings. The van der Waals surface area contributed by atoms with E-state index >= 15 is 0 Å². The monoisotopic (exact) mass is 207 g/mol. The highest BCUT2D eigenvalue weighted by Gasteiger charge is 2.36. The van der Waals surface area contributed by atoms with Crippen LogP contribution in [0.2, 0.25) is 0 Å². The van der Waals surface area contributed by atoms with Gasteiger partial charge in [-0.05, 0) is 38.4 Å². The first kappa shape index (κ1) is 10.3. The van der Waals surface area contributed by atoms with Gasteiger partial charge in [-0.15, -0.1) is 0 Å². The lowest BCUT2D eigenvalue weighted by Crippen LogP contribution is -2.44. The van der Waals surface area contributed by atoms with Gasteiger partial charge >= 0.3 is 0 Å². The third-order valence-corrected chi connectivity index (χ3v) is 2.96. The second-order valence-corrected chi connectivity index (χ2v) is 4.20. The van der Waals surface area contributed by atoms with Gasteiger partial charge in [-0.25, -0.2) is 4.39 Å². The number of nitrogens with one attached hydrogen (secondary N) is 1. The highest BCUT2D eigenvalue weighted by molar-refractivity contribution is 6.03. The molecule has 1 aromatic carbocycles. The average Bonchev–Trinajstić information content (AvgIpc) is 2.65. The Morgan fingerprint density at radius 1 is 1.53 bits per heavy atom. The van der Waals surface area contributed by atoms with E-state index in [4.69, 9.17) is 0 Å². The van der Waals surface area contributed by atoms with Crippen LogP contribution in [-0.4, -0.2) is 17.9 Å². The van der Waals surface area contributed by atoms with E-state index in [-0.39, 0.29) is 11.6 Å². The van der Waals surface area contributed by atoms with Crippen molar-refractivity contribution in [3.8, 4) is 0 Å². The molecule has 0 amide bonds. The Bertz CT molecular complexity index is 383.